The van der Waals surface area contributed by atoms with E-state index in [4.69, 9.17) is 16.3 Å². The zero-order valence-corrected chi connectivity index (χ0v) is 11.1. The van der Waals surface area contributed by atoms with E-state index in [2.05, 4.69) is 0 Å². The van der Waals surface area contributed by atoms with Crippen molar-refractivity contribution in [2.75, 3.05) is 0 Å². The van der Waals surface area contributed by atoms with E-state index in [0.29, 0.717) is 16.3 Å². The Kier molecular flexibility index (Phi) is 4.02. The molecule has 0 bridgehead atoms. The number of nitro benzene ring substituents is 1. The fraction of sp³-hybridized carbons (Fsp3) is 0.143. The van der Waals surface area contributed by atoms with E-state index >= 15 is 0 Å². The molecule has 0 N–H and O–H groups in total. The number of nitro groups is 1. The molecule has 0 heterocycles. The summed E-state index contributed by atoms with van der Waals surface area (Å²) in [4.78, 5) is 10.5. The number of benzene rings is 2. The zero-order valence-electron chi connectivity index (χ0n) is 10.3. The molecule has 0 fully saturated rings. The van der Waals surface area contributed by atoms with Crippen LogP contribution in [0.4, 0.5) is 5.69 Å². The number of aryl methyl sites for hydroxylation is 1. The second kappa shape index (κ2) is 5.71. The number of hydrogen-bond donors (Lipinski definition) is 0. The highest BCUT2D eigenvalue weighted by Gasteiger charge is 2.16. The van der Waals surface area contributed by atoms with Crippen molar-refractivity contribution in [2.24, 2.45) is 0 Å². The minimum absolute atomic E-state index is 0.0281. The molecule has 4 nitrogen and oxygen atoms in total. The first kappa shape index (κ1) is 13.4. The van der Waals surface area contributed by atoms with E-state index in [1.165, 1.54) is 6.07 Å². The summed E-state index contributed by atoms with van der Waals surface area (Å²) in [5.74, 6) is 0.653. The van der Waals surface area contributed by atoms with Gasteiger partial charge in [0.05, 0.1) is 15.5 Å². The monoisotopic (exact) mass is 277 g/mol. The van der Waals surface area contributed by atoms with Crippen LogP contribution in [0.15, 0.2) is 42.5 Å². The Morgan fingerprint density at radius 3 is 2.53 bits per heavy atom. The molecule has 98 valence electrons. The van der Waals surface area contributed by atoms with Crippen LogP contribution in [0.3, 0.4) is 0 Å². The first-order chi connectivity index (χ1) is 9.08. The maximum atomic E-state index is 10.9. The molecule has 5 heteroatoms. The van der Waals surface area contributed by atoms with Crippen molar-refractivity contribution in [3.63, 3.8) is 0 Å². The van der Waals surface area contributed by atoms with Crippen LogP contribution in [0.5, 0.6) is 5.75 Å². The normalized spacial score (nSPS) is 10.2. The van der Waals surface area contributed by atoms with Gasteiger partial charge in [-0.05, 0) is 25.1 Å². The molecule has 0 amide bonds. The largest absolute Gasteiger partial charge is 0.489 e. The highest BCUT2D eigenvalue weighted by molar-refractivity contribution is 6.31. The number of hydrogen-bond acceptors (Lipinski definition) is 3. The summed E-state index contributed by atoms with van der Waals surface area (Å²) in [6.45, 7) is 2.04. The van der Waals surface area contributed by atoms with Crippen LogP contribution in [0.1, 0.15) is 11.1 Å². The minimum Gasteiger partial charge on any atom is -0.489 e. The SMILES string of the molecule is Cc1ccc(OCc2c(Cl)cccc2[N+](=O)[O-])cc1. The van der Waals surface area contributed by atoms with Crippen molar-refractivity contribution in [3.8, 4) is 5.75 Å². The molecule has 0 aliphatic carbocycles. The smallest absolute Gasteiger partial charge is 0.277 e. The van der Waals surface area contributed by atoms with Crippen LogP contribution in [0.2, 0.25) is 5.02 Å². The van der Waals surface area contributed by atoms with E-state index in [1.807, 2.05) is 31.2 Å². The first-order valence-electron chi connectivity index (χ1n) is 5.69. The quantitative estimate of drug-likeness (QED) is 0.623. The summed E-state index contributed by atoms with van der Waals surface area (Å²) in [6, 6.07) is 12.0. The molecular weight excluding hydrogens is 266 g/mol. The van der Waals surface area contributed by atoms with Crippen molar-refractivity contribution in [1.82, 2.24) is 0 Å². The maximum absolute atomic E-state index is 10.9. The third kappa shape index (κ3) is 3.23. The average molecular weight is 278 g/mol. The summed E-state index contributed by atoms with van der Waals surface area (Å²) in [5, 5.41) is 11.3. The maximum Gasteiger partial charge on any atom is 0.277 e. The van der Waals surface area contributed by atoms with Gasteiger partial charge in [0.2, 0.25) is 0 Å². The molecular formula is C14H12ClNO3. The molecule has 2 rings (SSSR count). The van der Waals surface area contributed by atoms with Gasteiger partial charge in [-0.2, -0.15) is 0 Å². The van der Waals surface area contributed by atoms with Crippen LogP contribution in [0.25, 0.3) is 0 Å². The second-order valence-corrected chi connectivity index (χ2v) is 4.50. The van der Waals surface area contributed by atoms with Gasteiger partial charge in [0.1, 0.15) is 12.4 Å². The highest BCUT2D eigenvalue weighted by Crippen LogP contribution is 2.27. The topological polar surface area (TPSA) is 52.4 Å². The third-order valence-corrected chi connectivity index (χ3v) is 3.05. The van der Waals surface area contributed by atoms with Gasteiger partial charge in [-0.1, -0.05) is 35.4 Å². The first-order valence-corrected chi connectivity index (χ1v) is 6.07. The molecule has 0 aliphatic rings. The highest BCUT2D eigenvalue weighted by atomic mass is 35.5. The van der Waals surface area contributed by atoms with Crippen molar-refractivity contribution in [2.45, 2.75) is 13.5 Å². The van der Waals surface area contributed by atoms with E-state index in [1.54, 1.807) is 12.1 Å². The molecule has 0 unspecified atom stereocenters. The second-order valence-electron chi connectivity index (χ2n) is 4.10. The number of rotatable bonds is 4. The number of halogens is 1. The van der Waals surface area contributed by atoms with E-state index in [-0.39, 0.29) is 12.3 Å². The Labute approximate surface area is 115 Å². The Balaban J connectivity index is 2.19. The molecule has 19 heavy (non-hydrogen) atoms. The predicted molar refractivity (Wildman–Crippen MR) is 73.6 cm³/mol. The lowest BCUT2D eigenvalue weighted by atomic mass is 10.2. The lowest BCUT2D eigenvalue weighted by Crippen LogP contribution is -2.01. The lowest BCUT2D eigenvalue weighted by Gasteiger charge is -2.08. The Hall–Kier alpha value is -2.07. The van der Waals surface area contributed by atoms with Gasteiger partial charge in [0.25, 0.3) is 5.69 Å². The van der Waals surface area contributed by atoms with Crippen LogP contribution in [-0.2, 0) is 6.61 Å². The summed E-state index contributed by atoms with van der Waals surface area (Å²) in [5.41, 5.74) is 1.48. The average Bonchev–Trinajstić information content (AvgIpc) is 2.39. The predicted octanol–water partition coefficient (Wildman–Crippen LogP) is 4.14. The Morgan fingerprint density at radius 2 is 1.89 bits per heavy atom. The van der Waals surface area contributed by atoms with Crippen molar-refractivity contribution < 1.29 is 9.66 Å². The standard InChI is InChI=1S/C14H12ClNO3/c1-10-5-7-11(8-6-10)19-9-12-13(15)3-2-4-14(12)16(17)18/h2-8H,9H2,1H3. The molecule has 0 saturated heterocycles. The van der Waals surface area contributed by atoms with E-state index in [0.717, 1.165) is 5.56 Å². The Morgan fingerprint density at radius 1 is 1.21 bits per heavy atom. The molecule has 2 aromatic rings. The summed E-state index contributed by atoms with van der Waals surface area (Å²) in [7, 11) is 0. The van der Waals surface area contributed by atoms with Gasteiger partial charge < -0.3 is 4.74 Å². The van der Waals surface area contributed by atoms with Gasteiger partial charge in [-0.15, -0.1) is 0 Å². The van der Waals surface area contributed by atoms with Crippen molar-refractivity contribution in [3.05, 3.63) is 68.7 Å². The summed E-state index contributed by atoms with van der Waals surface area (Å²) >= 11 is 5.98. The van der Waals surface area contributed by atoms with Gasteiger partial charge >= 0.3 is 0 Å². The van der Waals surface area contributed by atoms with Crippen LogP contribution in [-0.4, -0.2) is 4.92 Å². The van der Waals surface area contributed by atoms with E-state index in [9.17, 15) is 10.1 Å². The molecule has 0 saturated carbocycles. The zero-order chi connectivity index (χ0) is 13.8. The summed E-state index contributed by atoms with van der Waals surface area (Å²) in [6.07, 6.45) is 0. The molecule has 0 atom stereocenters. The lowest BCUT2D eigenvalue weighted by molar-refractivity contribution is -0.385. The van der Waals surface area contributed by atoms with Crippen LogP contribution < -0.4 is 4.74 Å². The Bertz CT molecular complexity index is 596. The minimum atomic E-state index is -0.459. The molecule has 0 radical (unpaired) electrons. The van der Waals surface area contributed by atoms with Gasteiger partial charge in [0.15, 0.2) is 0 Å². The van der Waals surface area contributed by atoms with E-state index < -0.39 is 4.92 Å². The number of ether oxygens (including phenoxy) is 1. The van der Waals surface area contributed by atoms with Crippen LogP contribution in [0, 0.1) is 17.0 Å². The van der Waals surface area contributed by atoms with Crippen molar-refractivity contribution >= 4 is 17.3 Å². The van der Waals surface area contributed by atoms with Gasteiger partial charge in [-0.25, -0.2) is 0 Å². The van der Waals surface area contributed by atoms with Crippen molar-refractivity contribution in [1.29, 1.82) is 0 Å². The fourth-order valence-electron chi connectivity index (χ4n) is 1.65. The van der Waals surface area contributed by atoms with Gasteiger partial charge in [-0.3, -0.25) is 10.1 Å². The van der Waals surface area contributed by atoms with Crippen LogP contribution >= 0.6 is 11.6 Å². The molecule has 2 aromatic carbocycles. The fourth-order valence-corrected chi connectivity index (χ4v) is 1.88. The van der Waals surface area contributed by atoms with Gasteiger partial charge in [0, 0.05) is 6.07 Å². The number of nitrogens with zero attached hydrogens (tertiary/aromatic N) is 1. The third-order valence-electron chi connectivity index (χ3n) is 2.69. The molecule has 0 aromatic heterocycles. The molecule has 0 aliphatic heterocycles. The molecule has 0 spiro atoms. The summed E-state index contributed by atoms with van der Waals surface area (Å²) < 4.78 is 5.53.